The number of non-ortho nitro benzene ring substituents is 1. The molecule has 0 saturated carbocycles. The maximum Gasteiger partial charge on any atom is 0.270 e. The van der Waals surface area contributed by atoms with Crippen LogP contribution in [0.1, 0.15) is 60.5 Å². The average Bonchev–Trinajstić information content (AvgIpc) is 2.98. The molecule has 1 aliphatic rings. The second kappa shape index (κ2) is 7.59. The summed E-state index contributed by atoms with van der Waals surface area (Å²) in [6.45, 7) is 2.59. The molecule has 0 radical (unpaired) electrons. The van der Waals surface area contributed by atoms with Crippen LogP contribution in [0.3, 0.4) is 0 Å². The number of nitrogens with zero attached hydrogens (tertiary/aromatic N) is 2. The second-order valence-electron chi connectivity index (χ2n) is 6.55. The van der Waals surface area contributed by atoms with Crippen molar-refractivity contribution in [3.05, 3.63) is 57.5 Å². The van der Waals surface area contributed by atoms with Gasteiger partial charge < -0.3 is 15.1 Å². The number of nitro benzene ring substituents is 1. The fourth-order valence-electron chi connectivity index (χ4n) is 3.41. The van der Waals surface area contributed by atoms with Crippen LogP contribution in [-0.4, -0.2) is 22.3 Å². The zero-order valence-electron chi connectivity index (χ0n) is 14.8. The number of carbonyl (C=O) groups is 1. The first-order valence-corrected chi connectivity index (χ1v) is 8.94. The lowest BCUT2D eigenvalue weighted by atomic mass is 10.1. The van der Waals surface area contributed by atoms with Crippen molar-refractivity contribution in [2.24, 2.45) is 0 Å². The Labute approximate surface area is 151 Å². The molecule has 1 aromatic carbocycles. The number of likely N-dealkylation sites (tertiary alicyclic amines) is 1. The van der Waals surface area contributed by atoms with Gasteiger partial charge in [-0.2, -0.15) is 0 Å². The number of aryl methyl sites for hydroxylation is 1. The molecule has 0 unspecified atom stereocenters. The van der Waals surface area contributed by atoms with Gasteiger partial charge >= 0.3 is 0 Å². The van der Waals surface area contributed by atoms with Crippen LogP contribution in [-0.2, 0) is 6.42 Å². The summed E-state index contributed by atoms with van der Waals surface area (Å²) in [7, 11) is 0. The second-order valence-corrected chi connectivity index (χ2v) is 6.55. The molecular formula is C19H23N3O4. The highest BCUT2D eigenvalue weighted by molar-refractivity contribution is 6.00. The molecule has 0 bridgehead atoms. The van der Waals surface area contributed by atoms with Crippen molar-refractivity contribution in [1.29, 1.82) is 0 Å². The quantitative estimate of drug-likeness (QED) is 0.504. The van der Waals surface area contributed by atoms with E-state index in [0.29, 0.717) is 6.54 Å². The highest BCUT2D eigenvalue weighted by Gasteiger charge is 2.31. The van der Waals surface area contributed by atoms with Crippen LogP contribution in [0.25, 0.3) is 0 Å². The van der Waals surface area contributed by atoms with E-state index in [1.807, 2.05) is 19.1 Å². The van der Waals surface area contributed by atoms with Gasteiger partial charge in [0.2, 0.25) is 0 Å². The van der Waals surface area contributed by atoms with Gasteiger partial charge in [-0.3, -0.25) is 14.9 Å². The fourth-order valence-corrected chi connectivity index (χ4v) is 3.41. The molecule has 1 aliphatic heterocycles. The molecule has 3 rings (SSSR count). The Morgan fingerprint density at radius 2 is 2.12 bits per heavy atom. The summed E-state index contributed by atoms with van der Waals surface area (Å²) in [6, 6.07) is 7.67. The van der Waals surface area contributed by atoms with Crippen molar-refractivity contribution in [1.82, 2.24) is 4.90 Å². The van der Waals surface area contributed by atoms with Crippen LogP contribution in [0.4, 0.5) is 11.4 Å². The summed E-state index contributed by atoms with van der Waals surface area (Å²) in [5.41, 5.74) is 6.24. The topological polar surface area (TPSA) is 103 Å². The zero-order chi connectivity index (χ0) is 18.7. The molecule has 7 nitrogen and oxygen atoms in total. The Morgan fingerprint density at radius 3 is 2.81 bits per heavy atom. The van der Waals surface area contributed by atoms with E-state index in [1.165, 1.54) is 18.2 Å². The lowest BCUT2D eigenvalue weighted by Crippen LogP contribution is -2.35. The molecule has 0 spiro atoms. The average molecular weight is 357 g/mol. The molecule has 1 aromatic heterocycles. The van der Waals surface area contributed by atoms with E-state index in [2.05, 4.69) is 0 Å². The molecule has 1 amide bonds. The molecule has 7 heteroatoms. The van der Waals surface area contributed by atoms with Gasteiger partial charge in [-0.25, -0.2) is 0 Å². The monoisotopic (exact) mass is 357 g/mol. The molecule has 0 aliphatic carbocycles. The molecular weight excluding hydrogens is 334 g/mol. The largest absolute Gasteiger partial charge is 0.464 e. The maximum atomic E-state index is 13.2. The molecule has 1 fully saturated rings. The van der Waals surface area contributed by atoms with E-state index >= 15 is 0 Å². The third kappa shape index (κ3) is 3.56. The van der Waals surface area contributed by atoms with Crippen molar-refractivity contribution < 1.29 is 14.1 Å². The number of nitro groups is 1. The minimum absolute atomic E-state index is 0.139. The third-order valence-corrected chi connectivity index (χ3v) is 4.85. The molecule has 1 atom stereocenters. The van der Waals surface area contributed by atoms with Crippen LogP contribution in [0.15, 0.2) is 34.7 Å². The highest BCUT2D eigenvalue weighted by atomic mass is 16.6. The first-order chi connectivity index (χ1) is 12.5. The Morgan fingerprint density at radius 1 is 1.31 bits per heavy atom. The molecule has 2 N–H and O–H groups in total. The number of amides is 1. The van der Waals surface area contributed by atoms with Gasteiger partial charge in [0.25, 0.3) is 11.6 Å². The Hall–Kier alpha value is -2.83. The minimum Gasteiger partial charge on any atom is -0.464 e. The molecule has 2 heterocycles. The number of nitrogens with two attached hydrogens (primary N) is 1. The summed E-state index contributed by atoms with van der Waals surface area (Å²) in [5.74, 6) is 1.36. The van der Waals surface area contributed by atoms with Crippen molar-refractivity contribution >= 4 is 17.3 Å². The first kappa shape index (κ1) is 18.0. The number of carbonyl (C=O) groups excluding carboxylic acids is 1. The predicted molar refractivity (Wildman–Crippen MR) is 97.8 cm³/mol. The maximum absolute atomic E-state index is 13.2. The Kier molecular flexibility index (Phi) is 5.25. The number of hydrogen-bond donors (Lipinski definition) is 1. The van der Waals surface area contributed by atoms with Crippen LogP contribution in [0.2, 0.25) is 0 Å². The third-order valence-electron chi connectivity index (χ3n) is 4.85. The van der Waals surface area contributed by atoms with Gasteiger partial charge in [0, 0.05) is 30.8 Å². The number of anilines is 1. The van der Waals surface area contributed by atoms with Crippen molar-refractivity contribution in [2.45, 2.75) is 45.1 Å². The first-order valence-electron chi connectivity index (χ1n) is 8.94. The number of benzene rings is 1. The Bertz CT molecular complexity index is 815. The van der Waals surface area contributed by atoms with E-state index in [9.17, 15) is 14.9 Å². The summed E-state index contributed by atoms with van der Waals surface area (Å²) >= 11 is 0. The SMILES string of the molecule is CCc1ccc([C@H]2CCCCCN2C(=O)c2cc([N+](=O)[O-])ccc2N)o1. The van der Waals surface area contributed by atoms with Gasteiger partial charge in [-0.15, -0.1) is 0 Å². The van der Waals surface area contributed by atoms with Crippen molar-refractivity contribution in [3.8, 4) is 0 Å². The zero-order valence-corrected chi connectivity index (χ0v) is 14.8. The highest BCUT2D eigenvalue weighted by Crippen LogP contribution is 2.34. The van der Waals surface area contributed by atoms with E-state index < -0.39 is 4.92 Å². The summed E-state index contributed by atoms with van der Waals surface area (Å²) < 4.78 is 5.90. The molecule has 26 heavy (non-hydrogen) atoms. The number of rotatable bonds is 4. The molecule has 2 aromatic rings. The van der Waals surface area contributed by atoms with Gasteiger partial charge in [0.1, 0.15) is 11.5 Å². The number of furan rings is 1. The van der Waals surface area contributed by atoms with Gasteiger partial charge in [-0.1, -0.05) is 19.8 Å². The van der Waals surface area contributed by atoms with Crippen LogP contribution in [0.5, 0.6) is 0 Å². The standard InChI is InChI=1S/C19H23N3O4/c1-2-14-8-10-18(26-14)17-6-4-3-5-11-21(17)19(23)15-12-13(22(24)25)7-9-16(15)20/h7-10,12,17H,2-6,11,20H2,1H3/t17-/m1/s1. The fraction of sp³-hybridized carbons (Fsp3) is 0.421. The van der Waals surface area contributed by atoms with Crippen LogP contribution < -0.4 is 5.73 Å². The minimum atomic E-state index is -0.518. The summed E-state index contributed by atoms with van der Waals surface area (Å²) in [5, 5.41) is 11.1. The lowest BCUT2D eigenvalue weighted by Gasteiger charge is -2.29. The van der Waals surface area contributed by atoms with E-state index in [0.717, 1.165) is 43.6 Å². The smallest absolute Gasteiger partial charge is 0.270 e. The van der Waals surface area contributed by atoms with Crippen molar-refractivity contribution in [2.75, 3.05) is 12.3 Å². The van der Waals surface area contributed by atoms with E-state index in [-0.39, 0.29) is 28.9 Å². The van der Waals surface area contributed by atoms with Crippen LogP contribution >= 0.6 is 0 Å². The predicted octanol–water partition coefficient (Wildman–Crippen LogP) is 4.09. The lowest BCUT2D eigenvalue weighted by molar-refractivity contribution is -0.384. The number of nitrogen functional groups attached to an aromatic ring is 1. The normalized spacial score (nSPS) is 17.7. The van der Waals surface area contributed by atoms with E-state index in [1.54, 1.807) is 4.90 Å². The number of hydrogen-bond acceptors (Lipinski definition) is 5. The molecule has 138 valence electrons. The van der Waals surface area contributed by atoms with E-state index in [4.69, 9.17) is 10.2 Å². The van der Waals surface area contributed by atoms with Gasteiger partial charge in [0.05, 0.1) is 16.5 Å². The van der Waals surface area contributed by atoms with Gasteiger partial charge in [0.15, 0.2) is 0 Å². The molecule has 1 saturated heterocycles. The summed E-state index contributed by atoms with van der Waals surface area (Å²) in [4.78, 5) is 25.5. The van der Waals surface area contributed by atoms with Crippen LogP contribution in [0, 0.1) is 10.1 Å². The Balaban J connectivity index is 1.96. The summed E-state index contributed by atoms with van der Waals surface area (Å²) in [6.07, 6.45) is 4.52. The van der Waals surface area contributed by atoms with Crippen molar-refractivity contribution in [3.63, 3.8) is 0 Å². The van der Waals surface area contributed by atoms with Gasteiger partial charge in [-0.05, 0) is 31.0 Å².